The predicted octanol–water partition coefficient (Wildman–Crippen LogP) is 4.18. The van der Waals surface area contributed by atoms with E-state index in [-0.39, 0.29) is 14.9 Å². The number of likely N-dealkylation sites (N-methyl/N-ethyl adjacent to an activating group) is 1. The molecule has 0 aromatic heterocycles. The maximum absolute atomic E-state index is 13.0. The van der Waals surface area contributed by atoms with Crippen LogP contribution in [0.25, 0.3) is 0 Å². The number of aromatic hydroxyl groups is 1. The lowest BCUT2D eigenvalue weighted by Gasteiger charge is -2.36. The summed E-state index contributed by atoms with van der Waals surface area (Å²) in [6.45, 7) is 9.45. The molecule has 1 aliphatic heterocycles. The number of piperazine rings is 1. The van der Waals surface area contributed by atoms with Crippen molar-refractivity contribution < 1.29 is 13.5 Å². The van der Waals surface area contributed by atoms with Gasteiger partial charge in [0, 0.05) is 36.9 Å². The second-order valence-corrected chi connectivity index (χ2v) is 9.98. The third kappa shape index (κ3) is 4.43. The van der Waals surface area contributed by atoms with Crippen molar-refractivity contribution in [2.75, 3.05) is 42.8 Å². The van der Waals surface area contributed by atoms with Crippen molar-refractivity contribution in [2.45, 2.75) is 25.7 Å². The molecule has 0 atom stereocenters. The van der Waals surface area contributed by atoms with Gasteiger partial charge < -0.3 is 14.9 Å². The third-order valence-corrected chi connectivity index (χ3v) is 7.14. The number of halogens is 2. The first kappa shape index (κ1) is 22.0. The van der Waals surface area contributed by atoms with Crippen LogP contribution >= 0.6 is 23.2 Å². The highest BCUT2D eigenvalue weighted by Crippen LogP contribution is 2.38. The second-order valence-electron chi connectivity index (χ2n) is 7.49. The van der Waals surface area contributed by atoms with Crippen molar-refractivity contribution in [2.24, 2.45) is 0 Å². The van der Waals surface area contributed by atoms with Crippen molar-refractivity contribution in [3.63, 3.8) is 0 Å². The highest BCUT2D eigenvalue weighted by molar-refractivity contribution is 7.92. The van der Waals surface area contributed by atoms with Crippen LogP contribution in [0.4, 0.5) is 11.4 Å². The standard InChI is InChI=1S/C20H25Cl2N3O3S/c1-12-9-13(2)19(25-7-5-24(4)6-8-25)14(3)18(12)23-29(27,28)17-11-15(21)10-16(22)20(17)26/h9-11,23,26H,5-8H2,1-4H3. The SMILES string of the molecule is Cc1cc(C)c(N2CCN(C)CC2)c(C)c1NS(=O)(=O)c1cc(Cl)cc(Cl)c1O. The van der Waals surface area contributed by atoms with E-state index in [2.05, 4.69) is 21.6 Å². The summed E-state index contributed by atoms with van der Waals surface area (Å²) in [6.07, 6.45) is 0. The van der Waals surface area contributed by atoms with Gasteiger partial charge in [-0.1, -0.05) is 29.3 Å². The molecule has 3 rings (SSSR count). The van der Waals surface area contributed by atoms with Crippen LogP contribution in [0.15, 0.2) is 23.1 Å². The van der Waals surface area contributed by atoms with E-state index in [1.165, 1.54) is 12.1 Å². The van der Waals surface area contributed by atoms with Crippen molar-refractivity contribution >= 4 is 44.6 Å². The van der Waals surface area contributed by atoms with Crippen LogP contribution in [0.1, 0.15) is 16.7 Å². The molecule has 0 spiro atoms. The van der Waals surface area contributed by atoms with Crippen LogP contribution in [0, 0.1) is 20.8 Å². The fourth-order valence-electron chi connectivity index (χ4n) is 3.79. The van der Waals surface area contributed by atoms with E-state index in [0.29, 0.717) is 5.69 Å². The van der Waals surface area contributed by atoms with Crippen molar-refractivity contribution in [1.82, 2.24) is 4.90 Å². The molecule has 0 unspecified atom stereocenters. The molecule has 9 heteroatoms. The molecule has 29 heavy (non-hydrogen) atoms. The van der Waals surface area contributed by atoms with E-state index in [9.17, 15) is 13.5 Å². The molecule has 0 saturated carbocycles. The molecule has 1 saturated heterocycles. The Morgan fingerprint density at radius 2 is 1.62 bits per heavy atom. The van der Waals surface area contributed by atoms with Crippen molar-refractivity contribution in [3.8, 4) is 5.75 Å². The number of aryl methyl sites for hydroxylation is 2. The minimum atomic E-state index is -4.10. The Morgan fingerprint density at radius 3 is 2.24 bits per heavy atom. The number of phenols is 1. The Balaban J connectivity index is 2.04. The van der Waals surface area contributed by atoms with E-state index >= 15 is 0 Å². The Morgan fingerprint density at radius 1 is 1.00 bits per heavy atom. The summed E-state index contributed by atoms with van der Waals surface area (Å²) in [5.74, 6) is -0.523. The van der Waals surface area contributed by atoms with Gasteiger partial charge in [0.2, 0.25) is 0 Å². The minimum absolute atomic E-state index is 0.117. The molecule has 2 aromatic carbocycles. The predicted molar refractivity (Wildman–Crippen MR) is 119 cm³/mol. The zero-order valence-electron chi connectivity index (χ0n) is 16.9. The van der Waals surface area contributed by atoms with Gasteiger partial charge in [0.15, 0.2) is 5.75 Å². The fourth-order valence-corrected chi connectivity index (χ4v) is 5.74. The average Bonchev–Trinajstić information content (AvgIpc) is 2.63. The molecule has 1 heterocycles. The summed E-state index contributed by atoms with van der Waals surface area (Å²) in [4.78, 5) is 4.20. The number of sulfonamides is 1. The summed E-state index contributed by atoms with van der Waals surface area (Å²) < 4.78 is 28.7. The number of anilines is 2. The number of nitrogens with one attached hydrogen (secondary N) is 1. The van der Waals surface area contributed by atoms with Gasteiger partial charge in [0.05, 0.1) is 10.7 Å². The van der Waals surface area contributed by atoms with Gasteiger partial charge in [-0.05, 0) is 56.6 Å². The van der Waals surface area contributed by atoms with Gasteiger partial charge in [-0.25, -0.2) is 8.42 Å². The van der Waals surface area contributed by atoms with Crippen LogP contribution in [0.3, 0.4) is 0 Å². The first-order chi connectivity index (χ1) is 13.5. The van der Waals surface area contributed by atoms with Gasteiger partial charge >= 0.3 is 0 Å². The van der Waals surface area contributed by atoms with Crippen LogP contribution in [0.5, 0.6) is 5.75 Å². The summed E-state index contributed by atoms with van der Waals surface area (Å²) in [6, 6.07) is 4.46. The molecule has 0 aliphatic carbocycles. The maximum Gasteiger partial charge on any atom is 0.265 e. The summed E-state index contributed by atoms with van der Waals surface area (Å²) >= 11 is 11.9. The summed E-state index contributed by atoms with van der Waals surface area (Å²) in [5, 5.41) is 10.2. The molecule has 2 N–H and O–H groups in total. The number of hydrogen-bond acceptors (Lipinski definition) is 5. The van der Waals surface area contributed by atoms with Crippen molar-refractivity contribution in [3.05, 3.63) is 44.9 Å². The highest BCUT2D eigenvalue weighted by Gasteiger charge is 2.26. The molecule has 0 bridgehead atoms. The molecule has 0 radical (unpaired) electrons. The molecule has 1 fully saturated rings. The number of hydrogen-bond donors (Lipinski definition) is 2. The van der Waals surface area contributed by atoms with Gasteiger partial charge in [-0.2, -0.15) is 0 Å². The summed E-state index contributed by atoms with van der Waals surface area (Å²) in [5.41, 5.74) is 4.29. The Bertz CT molecular complexity index is 1050. The van der Waals surface area contributed by atoms with Crippen molar-refractivity contribution in [1.29, 1.82) is 0 Å². The summed E-state index contributed by atoms with van der Waals surface area (Å²) in [7, 11) is -2.01. The lowest BCUT2D eigenvalue weighted by Crippen LogP contribution is -2.45. The number of nitrogens with zero attached hydrogens (tertiary/aromatic N) is 2. The topological polar surface area (TPSA) is 72.9 Å². The van der Waals surface area contributed by atoms with E-state index in [0.717, 1.165) is 48.6 Å². The minimum Gasteiger partial charge on any atom is -0.505 e. The first-order valence-corrected chi connectivity index (χ1v) is 11.5. The average molecular weight is 458 g/mol. The quantitative estimate of drug-likeness (QED) is 0.720. The van der Waals surface area contributed by atoms with Gasteiger partial charge in [0.1, 0.15) is 4.90 Å². The number of benzene rings is 2. The van der Waals surface area contributed by atoms with Crippen LogP contribution < -0.4 is 9.62 Å². The lowest BCUT2D eigenvalue weighted by atomic mass is 10.0. The van der Waals surface area contributed by atoms with Gasteiger partial charge in [-0.15, -0.1) is 0 Å². The molecule has 158 valence electrons. The molecule has 0 amide bonds. The van der Waals surface area contributed by atoms with Crippen LogP contribution in [-0.2, 0) is 10.0 Å². The van der Waals surface area contributed by atoms with Crippen LogP contribution in [-0.4, -0.2) is 51.7 Å². The van der Waals surface area contributed by atoms with E-state index in [4.69, 9.17) is 23.2 Å². The lowest BCUT2D eigenvalue weighted by molar-refractivity contribution is 0.312. The second kappa shape index (κ2) is 8.22. The van der Waals surface area contributed by atoms with E-state index < -0.39 is 15.8 Å². The molecular formula is C20H25Cl2N3O3S. The molecular weight excluding hydrogens is 433 g/mol. The van der Waals surface area contributed by atoms with E-state index in [1.54, 1.807) is 0 Å². The van der Waals surface area contributed by atoms with E-state index in [1.807, 2.05) is 26.8 Å². The van der Waals surface area contributed by atoms with Gasteiger partial charge in [0.25, 0.3) is 10.0 Å². The third-order valence-electron chi connectivity index (χ3n) is 5.27. The number of rotatable bonds is 4. The zero-order chi connectivity index (χ0) is 21.5. The molecule has 1 aliphatic rings. The highest BCUT2D eigenvalue weighted by atomic mass is 35.5. The van der Waals surface area contributed by atoms with Crippen LogP contribution in [0.2, 0.25) is 10.0 Å². The molecule has 6 nitrogen and oxygen atoms in total. The molecule has 2 aromatic rings. The Hall–Kier alpha value is -1.67. The smallest absolute Gasteiger partial charge is 0.265 e. The monoisotopic (exact) mass is 457 g/mol. The fraction of sp³-hybridized carbons (Fsp3) is 0.400. The Kier molecular flexibility index (Phi) is 6.24. The first-order valence-electron chi connectivity index (χ1n) is 9.26. The Labute approximate surface area is 182 Å². The number of phenolic OH excluding ortho intramolecular Hbond substituents is 1. The largest absolute Gasteiger partial charge is 0.505 e. The normalized spacial score (nSPS) is 15.6. The van der Waals surface area contributed by atoms with Gasteiger partial charge in [-0.3, -0.25) is 4.72 Å². The maximum atomic E-state index is 13.0. The zero-order valence-corrected chi connectivity index (χ0v) is 19.2.